The summed E-state index contributed by atoms with van der Waals surface area (Å²) in [5, 5.41) is 13.8. The normalized spacial score (nSPS) is 11.1. The number of non-ortho nitro benzene ring substituents is 1. The van der Waals surface area contributed by atoms with Gasteiger partial charge < -0.3 is 9.88 Å². The molecule has 4 aromatic rings. The van der Waals surface area contributed by atoms with E-state index in [1.165, 1.54) is 36.4 Å². The predicted molar refractivity (Wildman–Crippen MR) is 129 cm³/mol. The van der Waals surface area contributed by atoms with E-state index in [0.29, 0.717) is 0 Å². The number of benzene rings is 3. The topological polar surface area (TPSA) is 127 Å². The van der Waals surface area contributed by atoms with Gasteiger partial charge in [-0.2, -0.15) is 0 Å². The van der Waals surface area contributed by atoms with Gasteiger partial charge in [-0.3, -0.25) is 19.2 Å². The van der Waals surface area contributed by atoms with E-state index in [0.717, 1.165) is 15.6 Å². The van der Waals surface area contributed by atoms with Crippen LogP contribution in [0.15, 0.2) is 102 Å². The predicted octanol–water partition coefficient (Wildman–Crippen LogP) is 3.29. The first-order chi connectivity index (χ1) is 16.9. The van der Waals surface area contributed by atoms with E-state index in [4.69, 9.17) is 0 Å². The van der Waals surface area contributed by atoms with Crippen molar-refractivity contribution in [1.29, 1.82) is 0 Å². The molecule has 11 heteroatoms. The number of carbonyl (C=O) groups is 1. The van der Waals surface area contributed by atoms with Crippen LogP contribution < -0.4 is 9.62 Å². The fourth-order valence-electron chi connectivity index (χ4n) is 3.47. The largest absolute Gasteiger partial charge is 0.350 e. The SMILES string of the molecule is O=C(CN(c1ccc([N+](=O)[O-])cc1)S(=O)(=O)c1ccccc1)NCc1ccccc1-n1ccnc1. The molecule has 0 spiro atoms. The van der Waals surface area contributed by atoms with Gasteiger partial charge in [0.25, 0.3) is 15.7 Å². The molecule has 3 aromatic carbocycles. The molecular weight excluding hydrogens is 470 g/mol. The molecule has 0 unspecified atom stereocenters. The van der Waals surface area contributed by atoms with Crippen LogP contribution in [0.2, 0.25) is 0 Å². The minimum absolute atomic E-state index is 0.00314. The molecule has 1 aromatic heterocycles. The zero-order chi connectivity index (χ0) is 24.8. The molecule has 0 aliphatic heterocycles. The van der Waals surface area contributed by atoms with Crippen LogP contribution in [0.4, 0.5) is 11.4 Å². The van der Waals surface area contributed by atoms with Crippen molar-refractivity contribution in [1.82, 2.24) is 14.9 Å². The maximum absolute atomic E-state index is 13.4. The van der Waals surface area contributed by atoms with Crippen LogP contribution in [-0.4, -0.2) is 35.3 Å². The van der Waals surface area contributed by atoms with Crippen molar-refractivity contribution in [2.75, 3.05) is 10.8 Å². The third-order valence-corrected chi connectivity index (χ3v) is 7.01. The second-order valence-corrected chi connectivity index (χ2v) is 9.34. The Kier molecular flexibility index (Phi) is 6.88. The number of nitrogens with zero attached hydrogens (tertiary/aromatic N) is 4. The molecular formula is C24H21N5O5S. The Morgan fingerprint density at radius 2 is 1.69 bits per heavy atom. The fraction of sp³-hybridized carbons (Fsp3) is 0.0833. The van der Waals surface area contributed by atoms with Gasteiger partial charge in [0, 0.05) is 31.1 Å². The van der Waals surface area contributed by atoms with Crippen molar-refractivity contribution in [3.63, 3.8) is 0 Å². The van der Waals surface area contributed by atoms with Gasteiger partial charge in [0.15, 0.2) is 0 Å². The Morgan fingerprint density at radius 1 is 1.00 bits per heavy atom. The standard InChI is InChI=1S/C24H21N5O5S/c30-24(26-16-19-6-4-5-9-23(19)27-15-14-25-18-27)17-28(20-10-12-21(13-11-20)29(31)32)35(33,34)22-7-2-1-3-8-22/h1-15,18H,16-17H2,(H,26,30). The van der Waals surface area contributed by atoms with E-state index < -0.39 is 27.4 Å². The highest BCUT2D eigenvalue weighted by molar-refractivity contribution is 7.92. The van der Waals surface area contributed by atoms with Crippen LogP contribution in [0, 0.1) is 10.1 Å². The van der Waals surface area contributed by atoms with E-state index >= 15 is 0 Å². The molecule has 4 rings (SSSR count). The summed E-state index contributed by atoms with van der Waals surface area (Å²) in [5.74, 6) is -0.539. The number of carbonyl (C=O) groups excluding carboxylic acids is 1. The summed E-state index contributed by atoms with van der Waals surface area (Å²) in [6.07, 6.45) is 5.07. The highest BCUT2D eigenvalue weighted by Crippen LogP contribution is 2.25. The van der Waals surface area contributed by atoms with Crippen LogP contribution in [0.3, 0.4) is 0 Å². The van der Waals surface area contributed by atoms with Crippen LogP contribution in [0.5, 0.6) is 0 Å². The molecule has 0 aliphatic rings. The zero-order valence-electron chi connectivity index (χ0n) is 18.4. The molecule has 1 heterocycles. The molecule has 0 aliphatic carbocycles. The van der Waals surface area contributed by atoms with E-state index in [2.05, 4.69) is 10.3 Å². The van der Waals surface area contributed by atoms with Crippen molar-refractivity contribution < 1.29 is 18.1 Å². The summed E-state index contributed by atoms with van der Waals surface area (Å²) in [7, 11) is -4.12. The lowest BCUT2D eigenvalue weighted by atomic mass is 10.1. The smallest absolute Gasteiger partial charge is 0.269 e. The van der Waals surface area contributed by atoms with Crippen LogP contribution in [-0.2, 0) is 21.4 Å². The number of anilines is 1. The first kappa shape index (κ1) is 23.6. The zero-order valence-corrected chi connectivity index (χ0v) is 19.2. The lowest BCUT2D eigenvalue weighted by Crippen LogP contribution is -2.40. The number of amides is 1. The summed E-state index contributed by atoms with van der Waals surface area (Å²) in [6, 6.07) is 20.1. The minimum Gasteiger partial charge on any atom is -0.350 e. The first-order valence-corrected chi connectivity index (χ1v) is 12.0. The summed E-state index contributed by atoms with van der Waals surface area (Å²) in [4.78, 5) is 27.4. The maximum atomic E-state index is 13.4. The van der Waals surface area contributed by atoms with Crippen LogP contribution in [0.25, 0.3) is 5.69 Å². The highest BCUT2D eigenvalue weighted by atomic mass is 32.2. The number of nitro benzene ring substituents is 1. The Hall–Kier alpha value is -4.51. The average Bonchev–Trinajstić information content (AvgIpc) is 3.42. The molecule has 35 heavy (non-hydrogen) atoms. The van der Waals surface area contributed by atoms with E-state index in [1.807, 2.05) is 28.8 Å². The lowest BCUT2D eigenvalue weighted by Gasteiger charge is -2.24. The number of aromatic nitrogens is 2. The second kappa shape index (κ2) is 10.2. The van der Waals surface area contributed by atoms with Gasteiger partial charge in [0.2, 0.25) is 5.91 Å². The van der Waals surface area contributed by atoms with Gasteiger partial charge in [0.05, 0.1) is 27.5 Å². The summed E-state index contributed by atoms with van der Waals surface area (Å²) in [6.45, 7) is -0.352. The summed E-state index contributed by atoms with van der Waals surface area (Å²) < 4.78 is 29.5. The van der Waals surface area contributed by atoms with Gasteiger partial charge in [-0.1, -0.05) is 36.4 Å². The highest BCUT2D eigenvalue weighted by Gasteiger charge is 2.27. The molecule has 0 saturated carbocycles. The van der Waals surface area contributed by atoms with Crippen molar-refractivity contribution >= 4 is 27.3 Å². The summed E-state index contributed by atoms with van der Waals surface area (Å²) >= 11 is 0. The Balaban J connectivity index is 1.58. The van der Waals surface area contributed by atoms with Gasteiger partial charge in [-0.15, -0.1) is 0 Å². The molecule has 0 radical (unpaired) electrons. The number of hydrogen-bond acceptors (Lipinski definition) is 6. The van der Waals surface area contributed by atoms with Gasteiger partial charge >= 0.3 is 0 Å². The first-order valence-electron chi connectivity index (χ1n) is 10.5. The molecule has 1 amide bonds. The lowest BCUT2D eigenvalue weighted by molar-refractivity contribution is -0.384. The van der Waals surface area contributed by atoms with Crippen molar-refractivity contribution in [2.24, 2.45) is 0 Å². The molecule has 0 fully saturated rings. The molecule has 178 valence electrons. The molecule has 10 nitrogen and oxygen atoms in total. The van der Waals surface area contributed by atoms with Gasteiger partial charge in [-0.25, -0.2) is 13.4 Å². The van der Waals surface area contributed by atoms with E-state index in [9.17, 15) is 23.3 Å². The molecule has 0 saturated heterocycles. The van der Waals surface area contributed by atoms with Crippen molar-refractivity contribution in [3.8, 4) is 5.69 Å². The number of imidazole rings is 1. The maximum Gasteiger partial charge on any atom is 0.269 e. The molecule has 0 bridgehead atoms. The second-order valence-electron chi connectivity index (χ2n) is 7.47. The minimum atomic E-state index is -4.12. The van der Waals surface area contributed by atoms with Gasteiger partial charge in [-0.05, 0) is 35.9 Å². The Labute approximate surface area is 201 Å². The molecule has 1 N–H and O–H groups in total. The Bertz CT molecular complexity index is 1420. The van der Waals surface area contributed by atoms with Crippen molar-refractivity contribution in [2.45, 2.75) is 11.4 Å². The van der Waals surface area contributed by atoms with Crippen molar-refractivity contribution in [3.05, 3.63) is 113 Å². The third kappa shape index (κ3) is 5.36. The number of nitrogens with one attached hydrogen (secondary N) is 1. The monoisotopic (exact) mass is 491 g/mol. The summed E-state index contributed by atoms with van der Waals surface area (Å²) in [5.41, 5.74) is 1.58. The number of nitro groups is 1. The average molecular weight is 492 g/mol. The Morgan fingerprint density at radius 3 is 2.34 bits per heavy atom. The van der Waals surface area contributed by atoms with Gasteiger partial charge in [0.1, 0.15) is 6.54 Å². The van der Waals surface area contributed by atoms with E-state index in [-0.39, 0.29) is 22.8 Å². The quantitative estimate of drug-likeness (QED) is 0.283. The third-order valence-electron chi connectivity index (χ3n) is 5.22. The fourth-order valence-corrected chi connectivity index (χ4v) is 4.91. The van der Waals surface area contributed by atoms with Crippen LogP contribution in [0.1, 0.15) is 5.56 Å². The number of rotatable bonds is 9. The number of para-hydroxylation sites is 1. The number of sulfonamides is 1. The van der Waals surface area contributed by atoms with Crippen LogP contribution >= 0.6 is 0 Å². The molecule has 0 atom stereocenters. The number of hydrogen-bond donors (Lipinski definition) is 1. The van der Waals surface area contributed by atoms with E-state index in [1.54, 1.807) is 36.9 Å².